The summed E-state index contributed by atoms with van der Waals surface area (Å²) in [5.41, 5.74) is -3.59. The molecule has 3 atom stereocenters. The minimum atomic E-state index is -1.54. The molecule has 0 spiro atoms. The molecule has 1 heterocycles. The fourth-order valence-corrected chi connectivity index (χ4v) is 2.68. The van der Waals surface area contributed by atoms with E-state index >= 15 is 0 Å². The highest BCUT2D eigenvalue weighted by molar-refractivity contribution is 5.81. The van der Waals surface area contributed by atoms with E-state index in [0.717, 1.165) is 12.2 Å². The van der Waals surface area contributed by atoms with Crippen LogP contribution in [0.3, 0.4) is 0 Å². The summed E-state index contributed by atoms with van der Waals surface area (Å²) in [7, 11) is 0. The molecule has 14 heteroatoms. The number of carbonyl (C=O) groups is 2. The lowest BCUT2D eigenvalue weighted by Gasteiger charge is -2.19. The lowest BCUT2D eigenvalue weighted by Crippen LogP contribution is -2.57. The molecule has 36 heavy (non-hydrogen) atoms. The van der Waals surface area contributed by atoms with Crippen molar-refractivity contribution in [3.05, 3.63) is 81.8 Å². The van der Waals surface area contributed by atoms with Crippen LogP contribution >= 0.6 is 0 Å². The van der Waals surface area contributed by atoms with Crippen LogP contribution in [0.5, 0.6) is 0 Å². The zero-order valence-electron chi connectivity index (χ0n) is 19.5. The molecule has 0 saturated heterocycles. The molecule has 1 aromatic heterocycles. The molecule has 0 saturated carbocycles. The second-order valence-electron chi connectivity index (χ2n) is 7.29. The lowest BCUT2D eigenvalue weighted by molar-refractivity contribution is -0.141. The van der Waals surface area contributed by atoms with Crippen LogP contribution < -0.4 is 17.1 Å². The summed E-state index contributed by atoms with van der Waals surface area (Å²) >= 11 is 0. The largest absolute Gasteiger partial charge is 0.491 e. The molecule has 0 aromatic carbocycles. The van der Waals surface area contributed by atoms with E-state index in [1.807, 2.05) is 0 Å². The van der Waals surface area contributed by atoms with Crippen molar-refractivity contribution in [3.8, 4) is 0 Å². The van der Waals surface area contributed by atoms with Crippen LogP contribution in [0.4, 0.5) is 0 Å². The number of aliphatic hydroxyl groups is 3. The van der Waals surface area contributed by atoms with E-state index in [-0.39, 0.29) is 12.4 Å². The SMILES string of the molecule is C=CC(=C)OCC(O)Cn1c(=O)n(CC(O)COC(=O)C=C)c(=O)n(CC(O)COC(=O)C=C)c1=O. The Bertz CT molecular complexity index is 988. The zero-order valence-corrected chi connectivity index (χ0v) is 19.5. The Labute approximate surface area is 204 Å². The molecule has 0 bridgehead atoms. The van der Waals surface area contributed by atoms with Crippen LogP contribution in [-0.2, 0) is 43.4 Å². The van der Waals surface area contributed by atoms with Crippen LogP contribution in [-0.4, -0.2) is 79.1 Å². The molecule has 3 N–H and O–H groups in total. The maximum Gasteiger partial charge on any atom is 0.336 e. The Morgan fingerprint density at radius 2 is 0.972 bits per heavy atom. The van der Waals surface area contributed by atoms with Gasteiger partial charge in [0.1, 0.15) is 43.9 Å². The van der Waals surface area contributed by atoms with Crippen LogP contribution in [0.15, 0.2) is 64.7 Å². The minimum Gasteiger partial charge on any atom is -0.491 e. The number of allylic oxidation sites excluding steroid dienone is 1. The van der Waals surface area contributed by atoms with E-state index in [9.17, 15) is 39.3 Å². The van der Waals surface area contributed by atoms with Crippen molar-refractivity contribution in [1.82, 2.24) is 13.7 Å². The van der Waals surface area contributed by atoms with Crippen molar-refractivity contribution in [2.45, 2.75) is 37.9 Å². The molecule has 0 fully saturated rings. The monoisotopic (exact) mass is 511 g/mol. The summed E-state index contributed by atoms with van der Waals surface area (Å²) in [4.78, 5) is 61.1. The molecule has 1 rings (SSSR count). The van der Waals surface area contributed by atoms with Crippen molar-refractivity contribution in [1.29, 1.82) is 0 Å². The summed E-state index contributed by atoms with van der Waals surface area (Å²) in [6.07, 6.45) is -1.53. The molecule has 0 aliphatic rings. The number of carbonyl (C=O) groups excluding carboxylic acids is 2. The molecular formula is C22H29N3O11. The van der Waals surface area contributed by atoms with E-state index in [2.05, 4.69) is 35.8 Å². The Morgan fingerprint density at radius 3 is 1.25 bits per heavy atom. The molecule has 0 aliphatic carbocycles. The van der Waals surface area contributed by atoms with Gasteiger partial charge in [-0.15, -0.1) is 0 Å². The second-order valence-corrected chi connectivity index (χ2v) is 7.29. The van der Waals surface area contributed by atoms with E-state index in [1.165, 1.54) is 6.08 Å². The van der Waals surface area contributed by atoms with Crippen LogP contribution in [0.25, 0.3) is 0 Å². The summed E-state index contributed by atoms with van der Waals surface area (Å²) in [5, 5.41) is 30.5. The van der Waals surface area contributed by atoms with Gasteiger partial charge in [-0.1, -0.05) is 26.3 Å². The number of hydrogen-bond donors (Lipinski definition) is 3. The number of rotatable bonds is 16. The number of esters is 2. The van der Waals surface area contributed by atoms with Crippen molar-refractivity contribution < 1.29 is 39.1 Å². The van der Waals surface area contributed by atoms with Gasteiger partial charge < -0.3 is 29.5 Å². The van der Waals surface area contributed by atoms with E-state index in [1.54, 1.807) is 0 Å². The number of aromatic nitrogens is 3. The van der Waals surface area contributed by atoms with Crippen LogP contribution in [0.2, 0.25) is 0 Å². The quantitative estimate of drug-likeness (QED) is 0.0915. The average molecular weight is 511 g/mol. The summed E-state index contributed by atoms with van der Waals surface area (Å²) in [6, 6.07) is 0. The first-order valence-electron chi connectivity index (χ1n) is 10.5. The fraction of sp³-hybridized carbons (Fsp3) is 0.409. The molecule has 198 valence electrons. The Kier molecular flexibility index (Phi) is 12.0. The lowest BCUT2D eigenvalue weighted by atomic mass is 10.3. The van der Waals surface area contributed by atoms with Gasteiger partial charge in [0.05, 0.1) is 19.6 Å². The maximum absolute atomic E-state index is 12.9. The summed E-state index contributed by atoms with van der Waals surface area (Å²) < 4.78 is 15.9. The summed E-state index contributed by atoms with van der Waals surface area (Å²) in [5.74, 6) is -1.59. The van der Waals surface area contributed by atoms with E-state index in [4.69, 9.17) is 4.74 Å². The van der Waals surface area contributed by atoms with Gasteiger partial charge in [0.2, 0.25) is 0 Å². The molecule has 0 amide bonds. The van der Waals surface area contributed by atoms with Crippen molar-refractivity contribution >= 4 is 11.9 Å². The van der Waals surface area contributed by atoms with Gasteiger partial charge in [-0.3, -0.25) is 0 Å². The number of hydrogen-bond acceptors (Lipinski definition) is 11. The third-order valence-corrected chi connectivity index (χ3v) is 4.42. The first-order valence-corrected chi connectivity index (χ1v) is 10.5. The molecule has 0 aliphatic heterocycles. The highest BCUT2D eigenvalue weighted by atomic mass is 16.5. The van der Waals surface area contributed by atoms with Gasteiger partial charge in [0.25, 0.3) is 0 Å². The van der Waals surface area contributed by atoms with Gasteiger partial charge in [-0.05, 0) is 6.08 Å². The highest BCUT2D eigenvalue weighted by Gasteiger charge is 2.22. The number of ether oxygens (including phenoxy) is 3. The molecule has 3 unspecified atom stereocenters. The number of aliphatic hydroxyl groups excluding tert-OH is 3. The number of nitrogens with zero attached hydrogens (tertiary/aromatic N) is 3. The molecule has 14 nitrogen and oxygen atoms in total. The maximum atomic E-state index is 12.9. The van der Waals surface area contributed by atoms with Crippen molar-refractivity contribution in [2.24, 2.45) is 0 Å². The third-order valence-electron chi connectivity index (χ3n) is 4.42. The smallest absolute Gasteiger partial charge is 0.336 e. The van der Waals surface area contributed by atoms with Gasteiger partial charge in [-0.25, -0.2) is 37.7 Å². The van der Waals surface area contributed by atoms with Crippen molar-refractivity contribution in [2.75, 3.05) is 19.8 Å². The Hall–Kier alpha value is -4.01. The predicted octanol–water partition coefficient (Wildman–Crippen LogP) is -2.57. The summed E-state index contributed by atoms with van der Waals surface area (Å²) in [6.45, 7) is 9.68. The molecular weight excluding hydrogens is 482 g/mol. The topological polar surface area (TPSA) is 189 Å². The Balaban J connectivity index is 3.36. The van der Waals surface area contributed by atoms with E-state index in [0.29, 0.717) is 13.7 Å². The van der Waals surface area contributed by atoms with Gasteiger partial charge in [-0.2, -0.15) is 0 Å². The fourth-order valence-electron chi connectivity index (χ4n) is 2.68. The normalized spacial score (nSPS) is 13.1. The predicted molar refractivity (Wildman–Crippen MR) is 125 cm³/mol. The first-order chi connectivity index (χ1) is 16.9. The average Bonchev–Trinajstić information content (AvgIpc) is 2.86. The van der Waals surface area contributed by atoms with Gasteiger partial charge in [0, 0.05) is 12.2 Å². The minimum absolute atomic E-state index is 0.123. The van der Waals surface area contributed by atoms with Gasteiger partial charge >= 0.3 is 29.0 Å². The van der Waals surface area contributed by atoms with Crippen LogP contribution in [0, 0.1) is 0 Å². The van der Waals surface area contributed by atoms with Crippen molar-refractivity contribution in [3.63, 3.8) is 0 Å². The standard InChI is InChI=1S/C22H29N3O11/c1-5-14(4)34-11-15(26)8-23-20(31)24(9-16(27)12-35-18(29)6-2)22(33)25(21(23)32)10-17(28)13-36-19(30)7-3/h5-7,15-17,26-28H,1-4,8-13H2. The van der Waals surface area contributed by atoms with Gasteiger partial charge in [0.15, 0.2) is 0 Å². The third kappa shape index (κ3) is 8.98. The highest BCUT2D eigenvalue weighted by Crippen LogP contribution is 1.98. The zero-order chi connectivity index (χ0) is 27.4. The first kappa shape index (κ1) is 30.0. The molecule has 0 radical (unpaired) electrons. The molecule has 1 aromatic rings. The second kappa shape index (κ2) is 14.4. The Morgan fingerprint density at radius 1 is 0.667 bits per heavy atom. The van der Waals surface area contributed by atoms with E-state index < -0.39 is 80.2 Å². The van der Waals surface area contributed by atoms with Crippen LogP contribution in [0.1, 0.15) is 0 Å².